The molecule has 0 aliphatic rings. The van der Waals surface area contributed by atoms with E-state index in [1.54, 1.807) is 11.3 Å². The smallest absolute Gasteiger partial charge is 0.186 e. The fourth-order valence-electron chi connectivity index (χ4n) is 1.48. The molecule has 0 bridgehead atoms. The van der Waals surface area contributed by atoms with Crippen LogP contribution in [0.15, 0.2) is 30.3 Å². The van der Waals surface area contributed by atoms with Crippen molar-refractivity contribution in [3.8, 4) is 0 Å². The zero-order valence-corrected chi connectivity index (χ0v) is 9.67. The lowest BCUT2D eigenvalue weighted by Gasteiger charge is -2.05. The van der Waals surface area contributed by atoms with E-state index in [4.69, 9.17) is 0 Å². The van der Waals surface area contributed by atoms with Crippen molar-refractivity contribution >= 4 is 27.2 Å². The van der Waals surface area contributed by atoms with E-state index in [0.29, 0.717) is 6.54 Å². The van der Waals surface area contributed by atoms with E-state index < -0.39 is 0 Å². The second-order valence-corrected chi connectivity index (χ2v) is 4.89. The van der Waals surface area contributed by atoms with E-state index >= 15 is 0 Å². The highest BCUT2D eigenvalue weighted by Crippen LogP contribution is 2.25. The number of rotatable bonds is 3. The minimum absolute atomic E-state index is 0.196. The van der Waals surface area contributed by atoms with Gasteiger partial charge in [-0.25, -0.2) is 0 Å². The molecule has 1 aromatic carbocycles. The first kappa shape index (κ1) is 10.3. The van der Waals surface area contributed by atoms with E-state index in [2.05, 4.69) is 0 Å². The molecule has 1 aromatic heterocycles. The summed E-state index contributed by atoms with van der Waals surface area (Å²) < 4.78 is 1.18. The van der Waals surface area contributed by atoms with Gasteiger partial charge in [-0.05, 0) is 31.6 Å². The Kier molecular flexibility index (Phi) is 2.84. The number of hydrogen-bond acceptors (Lipinski definition) is 3. The second-order valence-electron chi connectivity index (χ2n) is 3.81. The topological polar surface area (TPSA) is 20.3 Å². The van der Waals surface area contributed by atoms with Crippen LogP contribution in [0.5, 0.6) is 0 Å². The molecule has 2 nitrogen and oxygen atoms in total. The van der Waals surface area contributed by atoms with E-state index in [-0.39, 0.29) is 5.78 Å². The van der Waals surface area contributed by atoms with E-state index in [1.165, 1.54) is 4.70 Å². The lowest BCUT2D eigenvalue weighted by molar-refractivity contribution is 0.0962. The molecule has 0 aliphatic heterocycles. The molecule has 0 atom stereocenters. The Bertz CT molecular complexity index is 454. The predicted octanol–water partition coefficient (Wildman–Crippen LogP) is 2.65. The molecule has 0 saturated carbocycles. The fraction of sp³-hybridized carbons (Fsp3) is 0.250. The van der Waals surface area contributed by atoms with Crippen LogP contribution >= 0.6 is 11.3 Å². The highest BCUT2D eigenvalue weighted by atomic mass is 32.1. The number of nitrogens with zero attached hydrogens (tertiary/aromatic N) is 1. The van der Waals surface area contributed by atoms with Crippen LogP contribution in [0.4, 0.5) is 0 Å². The van der Waals surface area contributed by atoms with Crippen LogP contribution in [0.3, 0.4) is 0 Å². The van der Waals surface area contributed by atoms with Crippen molar-refractivity contribution in [1.82, 2.24) is 4.90 Å². The number of benzene rings is 1. The number of fused-ring (bicyclic) bond motifs is 1. The minimum Gasteiger partial charge on any atom is -0.302 e. The lowest BCUT2D eigenvalue weighted by Crippen LogP contribution is -2.20. The molecule has 78 valence electrons. The van der Waals surface area contributed by atoms with Crippen molar-refractivity contribution < 1.29 is 4.79 Å². The molecular weight excluding hydrogens is 206 g/mol. The Balaban J connectivity index is 2.32. The standard InChI is InChI=1S/C12H13NOS/c1-13(2)8-10(14)12-7-9-5-3-4-6-11(9)15-12/h3-7H,8H2,1-2H3. The van der Waals surface area contributed by atoms with Gasteiger partial charge in [-0.3, -0.25) is 4.79 Å². The van der Waals surface area contributed by atoms with Gasteiger partial charge in [0.2, 0.25) is 0 Å². The van der Waals surface area contributed by atoms with Gasteiger partial charge in [-0.2, -0.15) is 0 Å². The fourth-order valence-corrected chi connectivity index (χ4v) is 2.48. The predicted molar refractivity (Wildman–Crippen MR) is 64.7 cm³/mol. The van der Waals surface area contributed by atoms with Crippen molar-refractivity contribution in [2.24, 2.45) is 0 Å². The van der Waals surface area contributed by atoms with Gasteiger partial charge in [-0.1, -0.05) is 18.2 Å². The molecule has 1 heterocycles. The first-order valence-corrected chi connectivity index (χ1v) is 5.65. The maximum Gasteiger partial charge on any atom is 0.186 e. The van der Waals surface area contributed by atoms with Gasteiger partial charge in [0.25, 0.3) is 0 Å². The van der Waals surface area contributed by atoms with Crippen molar-refractivity contribution in [2.45, 2.75) is 0 Å². The summed E-state index contributed by atoms with van der Waals surface area (Å²) in [5.41, 5.74) is 0. The van der Waals surface area contributed by atoms with Gasteiger partial charge in [-0.15, -0.1) is 11.3 Å². The van der Waals surface area contributed by atoms with Crippen LogP contribution in [0, 0.1) is 0 Å². The molecule has 15 heavy (non-hydrogen) atoms. The van der Waals surface area contributed by atoms with Crippen LogP contribution in [0.1, 0.15) is 9.67 Å². The number of thiophene rings is 1. The van der Waals surface area contributed by atoms with E-state index in [1.807, 2.05) is 49.3 Å². The number of carbonyl (C=O) groups is 1. The van der Waals surface area contributed by atoms with Crippen molar-refractivity contribution in [1.29, 1.82) is 0 Å². The van der Waals surface area contributed by atoms with Gasteiger partial charge >= 0.3 is 0 Å². The molecule has 0 saturated heterocycles. The molecule has 2 rings (SSSR count). The molecule has 0 radical (unpaired) electrons. The number of Topliss-reactive ketones (excluding diaryl/α,β-unsaturated/α-hetero) is 1. The number of carbonyl (C=O) groups excluding carboxylic acids is 1. The number of likely N-dealkylation sites (N-methyl/N-ethyl adjacent to an activating group) is 1. The summed E-state index contributed by atoms with van der Waals surface area (Å²) in [6.07, 6.45) is 0. The van der Waals surface area contributed by atoms with Crippen molar-refractivity contribution in [2.75, 3.05) is 20.6 Å². The zero-order valence-electron chi connectivity index (χ0n) is 8.86. The molecule has 0 fully saturated rings. The molecule has 0 aliphatic carbocycles. The van der Waals surface area contributed by atoms with Crippen molar-refractivity contribution in [3.63, 3.8) is 0 Å². The summed E-state index contributed by atoms with van der Waals surface area (Å²) in [6.45, 7) is 0.479. The van der Waals surface area contributed by atoms with Gasteiger partial charge in [0.15, 0.2) is 5.78 Å². The van der Waals surface area contributed by atoms with Crippen LogP contribution < -0.4 is 0 Å². The molecule has 2 aromatic rings. The molecule has 0 unspecified atom stereocenters. The maximum atomic E-state index is 11.8. The van der Waals surface area contributed by atoms with Crippen LogP contribution in [-0.4, -0.2) is 31.3 Å². The van der Waals surface area contributed by atoms with Gasteiger partial charge in [0, 0.05) is 4.70 Å². The molecular formula is C12H13NOS. The lowest BCUT2D eigenvalue weighted by atomic mass is 10.2. The van der Waals surface area contributed by atoms with Gasteiger partial charge in [0.05, 0.1) is 11.4 Å². The normalized spacial score (nSPS) is 11.1. The Morgan fingerprint density at radius 3 is 2.73 bits per heavy atom. The Morgan fingerprint density at radius 2 is 2.07 bits per heavy atom. The number of ketones is 1. The summed E-state index contributed by atoms with van der Waals surface area (Å²) in [7, 11) is 3.82. The quantitative estimate of drug-likeness (QED) is 0.740. The van der Waals surface area contributed by atoms with Crippen LogP contribution in [-0.2, 0) is 0 Å². The highest BCUT2D eigenvalue weighted by Gasteiger charge is 2.10. The minimum atomic E-state index is 0.196. The van der Waals surface area contributed by atoms with Crippen LogP contribution in [0.2, 0.25) is 0 Å². The van der Waals surface area contributed by atoms with Crippen LogP contribution in [0.25, 0.3) is 10.1 Å². The molecule has 0 amide bonds. The average molecular weight is 219 g/mol. The highest BCUT2D eigenvalue weighted by molar-refractivity contribution is 7.20. The zero-order chi connectivity index (χ0) is 10.8. The first-order valence-electron chi connectivity index (χ1n) is 4.83. The summed E-state index contributed by atoms with van der Waals surface area (Å²) in [6, 6.07) is 10.1. The number of hydrogen-bond donors (Lipinski definition) is 0. The Labute approximate surface area is 93.1 Å². The molecule has 0 N–H and O–H groups in total. The molecule has 3 heteroatoms. The third-order valence-corrected chi connectivity index (χ3v) is 3.32. The summed E-state index contributed by atoms with van der Waals surface area (Å²) in [5.74, 6) is 0.196. The molecule has 0 spiro atoms. The van der Waals surface area contributed by atoms with Gasteiger partial charge in [0.1, 0.15) is 0 Å². The first-order chi connectivity index (χ1) is 7.16. The third kappa shape index (κ3) is 2.25. The largest absolute Gasteiger partial charge is 0.302 e. The second kappa shape index (κ2) is 4.13. The van der Waals surface area contributed by atoms with Crippen molar-refractivity contribution in [3.05, 3.63) is 35.2 Å². The monoisotopic (exact) mass is 219 g/mol. The summed E-state index contributed by atoms with van der Waals surface area (Å²) >= 11 is 1.57. The Hall–Kier alpha value is -1.19. The SMILES string of the molecule is CN(C)CC(=O)c1cc2ccccc2s1. The van der Waals surface area contributed by atoms with E-state index in [9.17, 15) is 4.79 Å². The summed E-state index contributed by atoms with van der Waals surface area (Å²) in [5, 5.41) is 1.16. The Morgan fingerprint density at radius 1 is 1.33 bits per heavy atom. The maximum absolute atomic E-state index is 11.8. The van der Waals surface area contributed by atoms with Gasteiger partial charge < -0.3 is 4.90 Å². The third-order valence-electron chi connectivity index (χ3n) is 2.16. The van der Waals surface area contributed by atoms with E-state index in [0.717, 1.165) is 10.3 Å². The average Bonchev–Trinajstić information content (AvgIpc) is 2.59. The summed E-state index contributed by atoms with van der Waals surface area (Å²) in [4.78, 5) is 14.5.